The topological polar surface area (TPSA) is 76.1 Å². The molecule has 1 heterocycles. The first-order chi connectivity index (χ1) is 14.4. The lowest BCUT2D eigenvalue weighted by molar-refractivity contribution is -0.139. The molecule has 2 aromatic carbocycles. The Labute approximate surface area is 176 Å². The molecule has 1 aliphatic rings. The van der Waals surface area contributed by atoms with Crippen LogP contribution >= 0.6 is 0 Å². The molecule has 0 aliphatic carbocycles. The van der Waals surface area contributed by atoms with Gasteiger partial charge in [-0.15, -0.1) is 0 Å². The second-order valence-corrected chi connectivity index (χ2v) is 7.32. The molecule has 1 atom stereocenters. The molecule has 0 saturated carbocycles. The highest BCUT2D eigenvalue weighted by atomic mass is 16.5. The van der Waals surface area contributed by atoms with Crippen molar-refractivity contribution in [2.24, 2.45) is 0 Å². The van der Waals surface area contributed by atoms with Crippen molar-refractivity contribution in [3.63, 3.8) is 0 Å². The largest absolute Gasteiger partial charge is 0.507 e. The number of hydrogen-bond acceptors (Lipinski definition) is 5. The van der Waals surface area contributed by atoms with Gasteiger partial charge in [0.05, 0.1) is 25.8 Å². The summed E-state index contributed by atoms with van der Waals surface area (Å²) in [7, 11) is 3.08. The van der Waals surface area contributed by atoms with Gasteiger partial charge < -0.3 is 19.5 Å². The second kappa shape index (κ2) is 9.03. The third kappa shape index (κ3) is 3.90. The molecule has 6 heteroatoms. The summed E-state index contributed by atoms with van der Waals surface area (Å²) in [6.07, 6.45) is 1.61. The summed E-state index contributed by atoms with van der Waals surface area (Å²) in [6.45, 7) is 4.37. The summed E-state index contributed by atoms with van der Waals surface area (Å²) in [4.78, 5) is 27.4. The van der Waals surface area contributed by atoms with Crippen molar-refractivity contribution in [3.8, 4) is 11.5 Å². The number of hydrogen-bond donors (Lipinski definition) is 1. The third-order valence-electron chi connectivity index (χ3n) is 5.35. The van der Waals surface area contributed by atoms with Crippen molar-refractivity contribution in [1.29, 1.82) is 0 Å². The number of rotatable bonds is 7. The minimum absolute atomic E-state index is 0.0726. The average Bonchev–Trinajstić information content (AvgIpc) is 3.01. The molecule has 2 aromatic rings. The highest BCUT2D eigenvalue weighted by Crippen LogP contribution is 2.43. The second-order valence-electron chi connectivity index (χ2n) is 7.32. The van der Waals surface area contributed by atoms with Gasteiger partial charge in [-0.3, -0.25) is 9.59 Å². The quantitative estimate of drug-likeness (QED) is 0.421. The molecule has 0 spiro atoms. The fourth-order valence-corrected chi connectivity index (χ4v) is 3.67. The van der Waals surface area contributed by atoms with Gasteiger partial charge in [-0.25, -0.2) is 0 Å². The van der Waals surface area contributed by atoms with Crippen molar-refractivity contribution in [2.75, 3.05) is 20.8 Å². The highest BCUT2D eigenvalue weighted by molar-refractivity contribution is 6.46. The number of carbonyl (C=O) groups excluding carboxylic acids is 2. The predicted molar refractivity (Wildman–Crippen MR) is 115 cm³/mol. The molecule has 0 aromatic heterocycles. The van der Waals surface area contributed by atoms with Gasteiger partial charge in [0.2, 0.25) is 0 Å². The van der Waals surface area contributed by atoms with Crippen molar-refractivity contribution in [1.82, 2.24) is 4.90 Å². The van der Waals surface area contributed by atoms with E-state index in [2.05, 4.69) is 0 Å². The summed E-state index contributed by atoms with van der Waals surface area (Å²) in [6, 6.07) is 11.7. The minimum Gasteiger partial charge on any atom is -0.507 e. The SMILES string of the molecule is CCCCN1C(=O)C(=O)C(=C(O)c2ccc(C)cc2)C1c1ccc(OC)cc1OC. The van der Waals surface area contributed by atoms with Crippen LogP contribution in [-0.4, -0.2) is 42.5 Å². The zero-order valence-electron chi connectivity index (χ0n) is 17.8. The van der Waals surface area contributed by atoms with Crippen molar-refractivity contribution in [2.45, 2.75) is 32.7 Å². The van der Waals surface area contributed by atoms with Crippen LogP contribution < -0.4 is 9.47 Å². The van der Waals surface area contributed by atoms with Crippen LogP contribution in [0.15, 0.2) is 48.0 Å². The maximum atomic E-state index is 13.0. The molecule has 1 N–H and O–H groups in total. The van der Waals surface area contributed by atoms with Gasteiger partial charge in [0, 0.05) is 23.7 Å². The molecular weight excluding hydrogens is 382 g/mol. The lowest BCUT2D eigenvalue weighted by Gasteiger charge is -2.26. The summed E-state index contributed by atoms with van der Waals surface area (Å²) in [5.41, 5.74) is 2.22. The minimum atomic E-state index is -0.737. The summed E-state index contributed by atoms with van der Waals surface area (Å²) >= 11 is 0. The van der Waals surface area contributed by atoms with Gasteiger partial charge in [0.1, 0.15) is 17.3 Å². The number of unbranched alkanes of at least 4 members (excludes halogenated alkanes) is 1. The predicted octanol–water partition coefficient (Wildman–Crippen LogP) is 4.23. The first-order valence-corrected chi connectivity index (χ1v) is 10.00. The summed E-state index contributed by atoms with van der Waals surface area (Å²) in [5, 5.41) is 11.1. The highest BCUT2D eigenvalue weighted by Gasteiger charge is 2.46. The Kier molecular flexibility index (Phi) is 6.45. The Hall–Kier alpha value is -3.28. The first kappa shape index (κ1) is 21.4. The standard InChI is InChI=1S/C24H27NO5/c1-5-6-13-25-21(18-12-11-17(29-3)14-19(18)30-4)20(23(27)24(25)28)22(26)16-9-7-15(2)8-10-16/h7-12,14,21,26H,5-6,13H2,1-4H3. The monoisotopic (exact) mass is 409 g/mol. The number of likely N-dealkylation sites (tertiary alicyclic amines) is 1. The molecule has 3 rings (SSSR count). The maximum Gasteiger partial charge on any atom is 0.295 e. The molecule has 158 valence electrons. The molecule has 1 fully saturated rings. The Morgan fingerprint density at radius 2 is 1.77 bits per heavy atom. The van der Waals surface area contributed by atoms with Crippen LogP contribution in [0.3, 0.4) is 0 Å². The van der Waals surface area contributed by atoms with E-state index >= 15 is 0 Å². The Balaban J connectivity index is 2.21. The van der Waals surface area contributed by atoms with Crippen molar-refractivity contribution >= 4 is 17.4 Å². The summed E-state index contributed by atoms with van der Waals surface area (Å²) < 4.78 is 10.8. The third-order valence-corrected chi connectivity index (χ3v) is 5.35. The van der Waals surface area contributed by atoms with Gasteiger partial charge in [-0.05, 0) is 25.5 Å². The van der Waals surface area contributed by atoms with Crippen LogP contribution in [0, 0.1) is 6.92 Å². The lowest BCUT2D eigenvalue weighted by atomic mass is 9.94. The molecule has 6 nitrogen and oxygen atoms in total. The van der Waals surface area contributed by atoms with E-state index in [0.29, 0.717) is 29.2 Å². The molecule has 1 unspecified atom stereocenters. The number of ether oxygens (including phenoxy) is 2. The van der Waals surface area contributed by atoms with Gasteiger partial charge in [-0.1, -0.05) is 43.2 Å². The Morgan fingerprint density at radius 1 is 1.07 bits per heavy atom. The fourth-order valence-electron chi connectivity index (χ4n) is 3.67. The lowest BCUT2D eigenvalue weighted by Crippen LogP contribution is -2.30. The van der Waals surface area contributed by atoms with Crippen LogP contribution in [0.2, 0.25) is 0 Å². The Bertz CT molecular complexity index is 978. The number of aliphatic hydroxyl groups is 1. The number of Topliss-reactive ketones (excluding diaryl/α,β-unsaturated/α-hetero) is 1. The first-order valence-electron chi connectivity index (χ1n) is 10.00. The van der Waals surface area contributed by atoms with E-state index in [1.807, 2.05) is 26.0 Å². The van der Waals surface area contributed by atoms with E-state index in [1.165, 1.54) is 12.0 Å². The van der Waals surface area contributed by atoms with Crippen LogP contribution in [0.5, 0.6) is 11.5 Å². The molecule has 0 bridgehead atoms. The van der Waals surface area contributed by atoms with E-state index < -0.39 is 17.7 Å². The van der Waals surface area contributed by atoms with Crippen LogP contribution in [0.1, 0.15) is 42.5 Å². The number of benzene rings is 2. The number of amides is 1. The van der Waals surface area contributed by atoms with Crippen molar-refractivity contribution in [3.05, 3.63) is 64.7 Å². The number of nitrogens with zero attached hydrogens (tertiary/aromatic N) is 1. The van der Waals surface area contributed by atoms with Crippen molar-refractivity contribution < 1.29 is 24.2 Å². The number of aryl methyl sites for hydroxylation is 1. The van der Waals surface area contributed by atoms with Crippen LogP contribution in [0.25, 0.3) is 5.76 Å². The zero-order valence-corrected chi connectivity index (χ0v) is 17.8. The van der Waals surface area contributed by atoms with E-state index in [4.69, 9.17) is 9.47 Å². The maximum absolute atomic E-state index is 13.0. The number of ketones is 1. The van der Waals surface area contributed by atoms with Gasteiger partial charge >= 0.3 is 0 Å². The van der Waals surface area contributed by atoms with E-state index in [9.17, 15) is 14.7 Å². The van der Waals surface area contributed by atoms with Crippen LogP contribution in [-0.2, 0) is 9.59 Å². The average molecular weight is 409 g/mol. The van der Waals surface area contributed by atoms with Gasteiger partial charge in [0.25, 0.3) is 11.7 Å². The zero-order chi connectivity index (χ0) is 21.8. The normalized spacial score (nSPS) is 18.0. The van der Waals surface area contributed by atoms with E-state index in [1.54, 1.807) is 37.4 Å². The van der Waals surface area contributed by atoms with E-state index in [0.717, 1.165) is 18.4 Å². The molecule has 1 saturated heterocycles. The number of aliphatic hydroxyl groups excluding tert-OH is 1. The number of carbonyl (C=O) groups is 2. The molecule has 30 heavy (non-hydrogen) atoms. The smallest absolute Gasteiger partial charge is 0.295 e. The van der Waals surface area contributed by atoms with E-state index in [-0.39, 0.29) is 11.3 Å². The molecular formula is C24H27NO5. The van der Waals surface area contributed by atoms with Crippen LogP contribution in [0.4, 0.5) is 0 Å². The van der Waals surface area contributed by atoms with Gasteiger partial charge in [0.15, 0.2) is 0 Å². The van der Waals surface area contributed by atoms with Gasteiger partial charge in [-0.2, -0.15) is 0 Å². The molecule has 1 amide bonds. The number of methoxy groups -OCH3 is 2. The Morgan fingerprint density at radius 3 is 2.37 bits per heavy atom. The molecule has 0 radical (unpaired) electrons. The summed E-state index contributed by atoms with van der Waals surface area (Å²) in [5.74, 6) is -0.403. The fraction of sp³-hybridized carbons (Fsp3) is 0.333. The molecule has 1 aliphatic heterocycles.